The van der Waals surface area contributed by atoms with Crippen molar-refractivity contribution in [2.24, 2.45) is 10.8 Å². The number of esters is 4. The van der Waals surface area contributed by atoms with Crippen LogP contribution >= 0.6 is 0 Å². The van der Waals surface area contributed by atoms with Crippen LogP contribution in [-0.4, -0.2) is 76.5 Å². The van der Waals surface area contributed by atoms with Gasteiger partial charge in [-0.1, -0.05) is 41.5 Å². The van der Waals surface area contributed by atoms with Crippen molar-refractivity contribution in [2.75, 3.05) is 40.5 Å². The maximum atomic E-state index is 12.1. The minimum absolute atomic E-state index is 0.0449. The van der Waals surface area contributed by atoms with Crippen molar-refractivity contribution in [1.82, 2.24) is 10.6 Å². The molecule has 0 saturated carbocycles. The molecule has 0 aliphatic carbocycles. The Morgan fingerprint density at radius 2 is 0.944 bits per heavy atom. The van der Waals surface area contributed by atoms with Crippen molar-refractivity contribution in [3.63, 3.8) is 0 Å². The zero-order chi connectivity index (χ0) is 27.8. The highest BCUT2D eigenvalue weighted by Gasteiger charge is 2.26. The van der Waals surface area contributed by atoms with Crippen molar-refractivity contribution in [3.05, 3.63) is 0 Å². The number of hydrogen-bond acceptors (Lipinski definition) is 10. The smallest absolute Gasteiger partial charge is 0.323 e. The van der Waals surface area contributed by atoms with Gasteiger partial charge in [0, 0.05) is 13.1 Å². The maximum absolute atomic E-state index is 12.1. The summed E-state index contributed by atoms with van der Waals surface area (Å²) in [7, 11) is 2.58. The second-order valence-corrected chi connectivity index (χ2v) is 11.3. The summed E-state index contributed by atoms with van der Waals surface area (Å²) in [5.74, 6) is -1.90. The lowest BCUT2D eigenvalue weighted by Crippen LogP contribution is -2.43. The average Bonchev–Trinajstić information content (AvgIpc) is 2.78. The van der Waals surface area contributed by atoms with E-state index in [0.717, 1.165) is 12.8 Å². The highest BCUT2D eigenvalue weighted by atomic mass is 16.5. The van der Waals surface area contributed by atoms with E-state index in [9.17, 15) is 19.2 Å². The lowest BCUT2D eigenvalue weighted by Gasteiger charge is -2.23. The number of rotatable bonds is 17. The third kappa shape index (κ3) is 18.1. The first-order chi connectivity index (χ1) is 16.7. The molecule has 2 N–H and O–H groups in total. The van der Waals surface area contributed by atoms with Gasteiger partial charge < -0.3 is 29.6 Å². The maximum Gasteiger partial charge on any atom is 0.323 e. The molecule has 0 aromatic heterocycles. The van der Waals surface area contributed by atoms with Crippen molar-refractivity contribution in [2.45, 2.75) is 92.2 Å². The molecule has 10 heteroatoms. The Kier molecular flexibility index (Phi) is 16.2. The molecule has 210 valence electrons. The third-order valence-electron chi connectivity index (χ3n) is 5.04. The van der Waals surface area contributed by atoms with Gasteiger partial charge in [0.1, 0.15) is 12.1 Å². The number of carbonyl (C=O) groups excluding carboxylic acids is 4. The minimum Gasteiger partial charge on any atom is -0.468 e. The van der Waals surface area contributed by atoms with Gasteiger partial charge in [-0.2, -0.15) is 0 Å². The van der Waals surface area contributed by atoms with Gasteiger partial charge in [0.15, 0.2) is 0 Å². The van der Waals surface area contributed by atoms with Gasteiger partial charge in [0.05, 0.1) is 40.3 Å². The summed E-state index contributed by atoms with van der Waals surface area (Å²) in [4.78, 5) is 48.0. The van der Waals surface area contributed by atoms with Crippen LogP contribution in [0.15, 0.2) is 0 Å². The fourth-order valence-electron chi connectivity index (χ4n) is 3.00. The molecular weight excluding hydrogens is 468 g/mol. The van der Waals surface area contributed by atoms with Crippen LogP contribution in [0.5, 0.6) is 0 Å². The Hall–Kier alpha value is -2.20. The van der Waals surface area contributed by atoms with Gasteiger partial charge >= 0.3 is 23.9 Å². The standard InChI is InChI=1S/C26H48N2O8/c1-25(2,3)17-27-19(23(31)33-7)15-21(29)35-13-11-9-10-12-14-36-22(30)16-20(24(32)34-8)28-18-26(4,5)6/h19-20,27-28H,9-18H2,1-8H3. The fourth-order valence-corrected chi connectivity index (χ4v) is 3.00. The number of methoxy groups -OCH3 is 2. The van der Waals surface area contributed by atoms with Gasteiger partial charge in [-0.3, -0.25) is 19.2 Å². The molecule has 0 aliphatic rings. The van der Waals surface area contributed by atoms with Crippen molar-refractivity contribution >= 4 is 23.9 Å². The largest absolute Gasteiger partial charge is 0.468 e. The molecule has 0 aliphatic heterocycles. The van der Waals surface area contributed by atoms with E-state index in [-0.39, 0.29) is 36.9 Å². The van der Waals surface area contributed by atoms with Crippen molar-refractivity contribution < 1.29 is 38.1 Å². The molecule has 0 radical (unpaired) electrons. The van der Waals surface area contributed by atoms with E-state index in [1.54, 1.807) is 0 Å². The molecule has 36 heavy (non-hydrogen) atoms. The second-order valence-electron chi connectivity index (χ2n) is 11.3. The Balaban J connectivity index is 4.11. The Morgan fingerprint density at radius 3 is 1.22 bits per heavy atom. The molecule has 0 bridgehead atoms. The molecule has 10 nitrogen and oxygen atoms in total. The van der Waals surface area contributed by atoms with E-state index in [0.29, 0.717) is 25.9 Å². The molecule has 0 amide bonds. The quantitative estimate of drug-likeness (QED) is 0.169. The predicted molar refractivity (Wildman–Crippen MR) is 136 cm³/mol. The monoisotopic (exact) mass is 516 g/mol. The van der Waals surface area contributed by atoms with E-state index in [1.807, 2.05) is 41.5 Å². The first-order valence-electron chi connectivity index (χ1n) is 12.6. The number of unbranched alkanes of at least 4 members (excludes halogenated alkanes) is 3. The average molecular weight is 517 g/mol. The van der Waals surface area contributed by atoms with Crippen molar-refractivity contribution in [1.29, 1.82) is 0 Å². The first kappa shape index (κ1) is 33.8. The molecule has 0 saturated heterocycles. The number of ether oxygens (including phenoxy) is 4. The Labute approximate surface area is 216 Å². The highest BCUT2D eigenvalue weighted by Crippen LogP contribution is 2.13. The topological polar surface area (TPSA) is 129 Å². The Morgan fingerprint density at radius 1 is 0.611 bits per heavy atom. The van der Waals surface area contributed by atoms with Crippen LogP contribution in [0.2, 0.25) is 0 Å². The third-order valence-corrected chi connectivity index (χ3v) is 5.04. The van der Waals surface area contributed by atoms with E-state index in [4.69, 9.17) is 18.9 Å². The Bertz CT molecular complexity index is 624. The zero-order valence-corrected chi connectivity index (χ0v) is 23.5. The molecule has 2 atom stereocenters. The van der Waals surface area contributed by atoms with E-state index in [2.05, 4.69) is 10.6 Å². The van der Waals surface area contributed by atoms with Crippen molar-refractivity contribution in [3.8, 4) is 0 Å². The fraction of sp³-hybridized carbons (Fsp3) is 0.846. The van der Waals surface area contributed by atoms with Gasteiger partial charge in [-0.05, 0) is 36.5 Å². The zero-order valence-electron chi connectivity index (χ0n) is 23.5. The molecule has 2 unspecified atom stereocenters. The van der Waals surface area contributed by atoms with Crippen LogP contribution in [0.1, 0.15) is 80.1 Å². The van der Waals surface area contributed by atoms with Gasteiger partial charge in [0.2, 0.25) is 0 Å². The SMILES string of the molecule is COC(=O)C(CC(=O)OCCCCCCOC(=O)CC(NCC(C)(C)C)C(=O)OC)NCC(C)(C)C. The summed E-state index contributed by atoms with van der Waals surface area (Å²) >= 11 is 0. The van der Waals surface area contributed by atoms with Crippen LogP contribution in [0.3, 0.4) is 0 Å². The number of hydrogen-bond donors (Lipinski definition) is 2. The van der Waals surface area contributed by atoms with Gasteiger partial charge in [-0.25, -0.2) is 0 Å². The van der Waals surface area contributed by atoms with Gasteiger partial charge in [0.25, 0.3) is 0 Å². The summed E-state index contributed by atoms with van der Waals surface area (Å²) < 4.78 is 20.0. The lowest BCUT2D eigenvalue weighted by molar-refractivity contribution is -0.151. The van der Waals surface area contributed by atoms with Crippen LogP contribution in [-0.2, 0) is 38.1 Å². The molecule has 0 aromatic carbocycles. The van der Waals surface area contributed by atoms with Gasteiger partial charge in [-0.15, -0.1) is 0 Å². The normalized spacial score (nSPS) is 13.4. The van der Waals surface area contributed by atoms with Crippen LogP contribution < -0.4 is 10.6 Å². The summed E-state index contributed by atoms with van der Waals surface area (Å²) in [6.07, 6.45) is 2.75. The van der Waals surface area contributed by atoms with Crippen LogP contribution in [0.25, 0.3) is 0 Å². The molecule has 0 rings (SSSR count). The lowest BCUT2D eigenvalue weighted by atomic mass is 9.96. The first-order valence-corrected chi connectivity index (χ1v) is 12.6. The van der Waals surface area contributed by atoms with E-state index in [1.165, 1.54) is 14.2 Å². The second kappa shape index (κ2) is 17.3. The minimum atomic E-state index is -0.737. The number of carbonyl (C=O) groups is 4. The molecule has 0 heterocycles. The summed E-state index contributed by atoms with van der Waals surface area (Å²) in [5.41, 5.74) is -0.0899. The predicted octanol–water partition coefficient (Wildman–Crippen LogP) is 2.77. The molecule has 0 fully saturated rings. The van der Waals surface area contributed by atoms with E-state index >= 15 is 0 Å². The summed E-state index contributed by atoms with van der Waals surface area (Å²) in [5, 5.41) is 6.13. The summed E-state index contributed by atoms with van der Waals surface area (Å²) in [6.45, 7) is 13.8. The highest BCUT2D eigenvalue weighted by molar-refractivity contribution is 5.83. The molecule has 0 spiro atoms. The molecule has 0 aromatic rings. The van der Waals surface area contributed by atoms with Crippen LogP contribution in [0.4, 0.5) is 0 Å². The summed E-state index contributed by atoms with van der Waals surface area (Å²) in [6, 6.07) is -1.47. The van der Waals surface area contributed by atoms with E-state index < -0.39 is 36.0 Å². The van der Waals surface area contributed by atoms with Crippen LogP contribution in [0, 0.1) is 10.8 Å². The number of nitrogens with one attached hydrogen (secondary N) is 2. The molecular formula is C26H48N2O8.